The van der Waals surface area contributed by atoms with Gasteiger partial charge in [-0.25, -0.2) is 0 Å². The zero-order chi connectivity index (χ0) is 11.4. The van der Waals surface area contributed by atoms with E-state index >= 15 is 0 Å². The van der Waals surface area contributed by atoms with Crippen molar-refractivity contribution in [3.63, 3.8) is 0 Å². The molecule has 5 nitrogen and oxygen atoms in total. The minimum Gasteiger partial charge on any atom is -0.370 e. The van der Waals surface area contributed by atoms with Gasteiger partial charge in [-0.2, -0.15) is 0 Å². The number of ether oxygens (including phenoxy) is 1. The average molecular weight is 253 g/mol. The number of amides is 1. The summed E-state index contributed by atoms with van der Waals surface area (Å²) in [6.07, 6.45) is 0.544. The van der Waals surface area contributed by atoms with E-state index in [4.69, 9.17) is 10.5 Å². The highest BCUT2D eigenvalue weighted by Gasteiger charge is 1.99. The summed E-state index contributed by atoms with van der Waals surface area (Å²) in [7, 11) is 4.82. The standard InChI is InChI=1S/C8H19N3O2S2/c1-13-7-10-3-4-11-8(12)2-5-14-15-6-9/h10H,2-7,9H2,1H3,(H,11,12). The van der Waals surface area contributed by atoms with Crippen molar-refractivity contribution >= 4 is 27.5 Å². The van der Waals surface area contributed by atoms with E-state index < -0.39 is 0 Å². The Morgan fingerprint density at radius 1 is 1.40 bits per heavy atom. The Bertz CT molecular complexity index is 161. The maximum absolute atomic E-state index is 11.2. The third-order valence-electron chi connectivity index (χ3n) is 1.43. The molecule has 0 bridgehead atoms. The summed E-state index contributed by atoms with van der Waals surface area (Å²) in [5, 5.41) is 5.81. The summed E-state index contributed by atoms with van der Waals surface area (Å²) < 4.78 is 4.80. The zero-order valence-corrected chi connectivity index (χ0v) is 10.6. The quantitative estimate of drug-likeness (QED) is 0.289. The van der Waals surface area contributed by atoms with Crippen LogP contribution in [0.15, 0.2) is 0 Å². The van der Waals surface area contributed by atoms with Crippen molar-refractivity contribution in [3.8, 4) is 0 Å². The first kappa shape index (κ1) is 15.0. The molecule has 0 heterocycles. The first-order chi connectivity index (χ1) is 7.31. The summed E-state index contributed by atoms with van der Waals surface area (Å²) in [5.41, 5.74) is 5.29. The van der Waals surface area contributed by atoms with Crippen LogP contribution in [0.2, 0.25) is 0 Å². The molecule has 0 rings (SSSR count). The topological polar surface area (TPSA) is 76.4 Å². The van der Waals surface area contributed by atoms with Crippen molar-refractivity contribution in [1.29, 1.82) is 0 Å². The molecule has 0 saturated carbocycles. The maximum atomic E-state index is 11.2. The van der Waals surface area contributed by atoms with Gasteiger partial charge in [0.1, 0.15) is 0 Å². The van der Waals surface area contributed by atoms with Gasteiger partial charge >= 0.3 is 0 Å². The normalized spacial score (nSPS) is 10.3. The molecular formula is C8H19N3O2S2. The predicted molar refractivity (Wildman–Crippen MR) is 66.6 cm³/mol. The third-order valence-corrected chi connectivity index (χ3v) is 3.52. The molecule has 4 N–H and O–H groups in total. The average Bonchev–Trinajstić information content (AvgIpc) is 2.24. The number of nitrogens with one attached hydrogen (secondary N) is 2. The Balaban J connectivity index is 3.11. The minimum atomic E-state index is 0.0827. The SMILES string of the molecule is COCNCCNC(=O)CCSSCN. The van der Waals surface area contributed by atoms with Gasteiger partial charge in [-0.3, -0.25) is 10.1 Å². The number of hydrogen-bond acceptors (Lipinski definition) is 6. The molecule has 0 aromatic rings. The van der Waals surface area contributed by atoms with Gasteiger partial charge in [-0.1, -0.05) is 21.6 Å². The predicted octanol–water partition coefficient (Wildman–Crippen LogP) is -0.0162. The Kier molecular flexibility index (Phi) is 12.2. The van der Waals surface area contributed by atoms with Crippen molar-refractivity contribution in [1.82, 2.24) is 10.6 Å². The number of rotatable bonds is 10. The van der Waals surface area contributed by atoms with Crippen LogP contribution in [0.5, 0.6) is 0 Å². The summed E-state index contributed by atoms with van der Waals surface area (Å²) in [4.78, 5) is 11.2. The van der Waals surface area contributed by atoms with Crippen LogP contribution in [0.25, 0.3) is 0 Å². The highest BCUT2D eigenvalue weighted by molar-refractivity contribution is 8.76. The molecule has 0 unspecified atom stereocenters. The summed E-state index contributed by atoms with van der Waals surface area (Å²) in [5.74, 6) is 1.48. The van der Waals surface area contributed by atoms with Gasteiger partial charge in [0.25, 0.3) is 0 Å². The lowest BCUT2D eigenvalue weighted by Gasteiger charge is -2.05. The lowest BCUT2D eigenvalue weighted by Crippen LogP contribution is -2.32. The van der Waals surface area contributed by atoms with E-state index in [2.05, 4.69) is 10.6 Å². The second-order valence-corrected chi connectivity index (χ2v) is 5.27. The molecule has 0 aliphatic rings. The van der Waals surface area contributed by atoms with Gasteiger partial charge in [0.05, 0.1) is 6.73 Å². The molecular weight excluding hydrogens is 234 g/mol. The molecule has 0 fully saturated rings. The minimum absolute atomic E-state index is 0.0827. The molecule has 0 aromatic heterocycles. The van der Waals surface area contributed by atoms with E-state index in [1.54, 1.807) is 28.7 Å². The molecule has 0 aromatic carbocycles. The Morgan fingerprint density at radius 2 is 2.20 bits per heavy atom. The van der Waals surface area contributed by atoms with E-state index in [9.17, 15) is 4.79 Å². The third kappa shape index (κ3) is 12.0. The van der Waals surface area contributed by atoms with Crippen LogP contribution in [-0.2, 0) is 9.53 Å². The van der Waals surface area contributed by atoms with Crippen molar-refractivity contribution in [2.45, 2.75) is 6.42 Å². The van der Waals surface area contributed by atoms with Crippen molar-refractivity contribution in [2.75, 3.05) is 38.6 Å². The molecule has 0 saturated heterocycles. The van der Waals surface area contributed by atoms with E-state index in [0.29, 0.717) is 25.6 Å². The van der Waals surface area contributed by atoms with E-state index in [1.165, 1.54) is 0 Å². The van der Waals surface area contributed by atoms with Crippen molar-refractivity contribution in [3.05, 3.63) is 0 Å². The van der Waals surface area contributed by atoms with Crippen LogP contribution in [0, 0.1) is 0 Å². The molecule has 0 radical (unpaired) electrons. The first-order valence-corrected chi connectivity index (χ1v) is 7.21. The van der Waals surface area contributed by atoms with E-state index in [0.717, 1.165) is 12.3 Å². The van der Waals surface area contributed by atoms with Crippen LogP contribution in [0.1, 0.15) is 6.42 Å². The fraction of sp³-hybridized carbons (Fsp3) is 0.875. The van der Waals surface area contributed by atoms with E-state index in [-0.39, 0.29) is 5.91 Å². The summed E-state index contributed by atoms with van der Waals surface area (Å²) >= 11 is 0. The number of hydrogen-bond donors (Lipinski definition) is 3. The van der Waals surface area contributed by atoms with Crippen LogP contribution in [0.3, 0.4) is 0 Å². The fourth-order valence-corrected chi connectivity index (χ4v) is 2.17. The summed E-state index contributed by atoms with van der Waals surface area (Å²) in [6, 6.07) is 0. The highest BCUT2D eigenvalue weighted by Crippen LogP contribution is 2.19. The van der Waals surface area contributed by atoms with Crippen LogP contribution in [0.4, 0.5) is 0 Å². The van der Waals surface area contributed by atoms with Gasteiger partial charge in [-0.05, 0) is 0 Å². The van der Waals surface area contributed by atoms with Gasteiger partial charge in [0.15, 0.2) is 0 Å². The molecule has 90 valence electrons. The van der Waals surface area contributed by atoms with Crippen molar-refractivity contribution in [2.24, 2.45) is 5.73 Å². The second-order valence-electron chi connectivity index (χ2n) is 2.64. The Labute approximate surface area is 98.7 Å². The lowest BCUT2D eigenvalue weighted by atomic mass is 10.4. The largest absolute Gasteiger partial charge is 0.370 e. The molecule has 1 amide bonds. The Morgan fingerprint density at radius 3 is 2.87 bits per heavy atom. The smallest absolute Gasteiger partial charge is 0.220 e. The number of carbonyl (C=O) groups is 1. The maximum Gasteiger partial charge on any atom is 0.220 e. The van der Waals surface area contributed by atoms with Crippen LogP contribution in [-0.4, -0.2) is 44.5 Å². The summed E-state index contributed by atoms with van der Waals surface area (Å²) in [6.45, 7) is 1.88. The highest BCUT2D eigenvalue weighted by atomic mass is 33.1. The van der Waals surface area contributed by atoms with Crippen LogP contribution < -0.4 is 16.4 Å². The molecule has 0 spiro atoms. The molecule has 7 heteroatoms. The zero-order valence-electron chi connectivity index (χ0n) is 8.95. The van der Waals surface area contributed by atoms with Gasteiger partial charge in [-0.15, -0.1) is 0 Å². The van der Waals surface area contributed by atoms with Crippen molar-refractivity contribution < 1.29 is 9.53 Å². The second kappa shape index (κ2) is 12.1. The van der Waals surface area contributed by atoms with Gasteiger partial charge in [0, 0.05) is 38.2 Å². The lowest BCUT2D eigenvalue weighted by molar-refractivity contribution is -0.120. The number of carbonyl (C=O) groups excluding carboxylic acids is 1. The molecule has 0 aliphatic carbocycles. The molecule has 0 atom stereocenters. The molecule has 0 aliphatic heterocycles. The number of nitrogens with two attached hydrogens (primary N) is 1. The Hall–Kier alpha value is 0.0500. The molecule has 15 heavy (non-hydrogen) atoms. The van der Waals surface area contributed by atoms with E-state index in [1.807, 2.05) is 0 Å². The number of methoxy groups -OCH3 is 1. The van der Waals surface area contributed by atoms with Gasteiger partial charge < -0.3 is 15.8 Å². The first-order valence-electron chi connectivity index (χ1n) is 4.72. The fourth-order valence-electron chi connectivity index (χ4n) is 0.794. The van der Waals surface area contributed by atoms with Gasteiger partial charge in [0.2, 0.25) is 5.91 Å². The van der Waals surface area contributed by atoms with Crippen LogP contribution >= 0.6 is 21.6 Å². The monoisotopic (exact) mass is 253 g/mol.